The molecule has 8 nitrogen and oxygen atoms in total. The van der Waals surface area contributed by atoms with Gasteiger partial charge >= 0.3 is 0 Å². The Morgan fingerprint density at radius 2 is 2.15 bits per heavy atom. The summed E-state index contributed by atoms with van der Waals surface area (Å²) in [4.78, 5) is 12.5. The summed E-state index contributed by atoms with van der Waals surface area (Å²) in [7, 11) is 5.72. The Morgan fingerprint density at radius 3 is 2.74 bits per heavy atom. The molecule has 10 heteroatoms. The van der Waals surface area contributed by atoms with E-state index in [-0.39, 0.29) is 24.0 Å². The number of aromatic nitrogens is 4. The molecule has 0 amide bonds. The van der Waals surface area contributed by atoms with Crippen molar-refractivity contribution >= 4 is 41.3 Å². The maximum absolute atomic E-state index is 5.12. The van der Waals surface area contributed by atoms with E-state index in [0.717, 1.165) is 55.2 Å². The first-order valence-electron chi connectivity index (χ1n) is 8.75. The van der Waals surface area contributed by atoms with Crippen molar-refractivity contribution in [1.82, 2.24) is 30.0 Å². The number of hydrogen-bond acceptors (Lipinski definition) is 6. The average Bonchev–Trinajstić information content (AvgIpc) is 3.18. The number of likely N-dealkylation sites (N-methyl/N-ethyl adjacent to an activating group) is 1. The minimum atomic E-state index is 0. The summed E-state index contributed by atoms with van der Waals surface area (Å²) in [5.74, 6) is 2.59. The van der Waals surface area contributed by atoms with E-state index < -0.39 is 0 Å². The summed E-state index contributed by atoms with van der Waals surface area (Å²) < 4.78 is 7.08. The van der Waals surface area contributed by atoms with Gasteiger partial charge in [-0.3, -0.25) is 0 Å². The zero-order valence-corrected chi connectivity index (χ0v) is 19.9. The second-order valence-electron chi connectivity index (χ2n) is 6.17. The molecule has 0 aliphatic carbocycles. The summed E-state index contributed by atoms with van der Waals surface area (Å²) in [6.45, 7) is 6.89. The highest BCUT2D eigenvalue weighted by Gasteiger charge is 2.10. The Bertz CT molecular complexity index is 716. The van der Waals surface area contributed by atoms with Gasteiger partial charge in [0.2, 0.25) is 0 Å². The number of guanidine groups is 1. The second-order valence-corrected chi connectivity index (χ2v) is 7.49. The quantitative estimate of drug-likeness (QED) is 0.243. The first-order valence-corrected chi connectivity index (χ1v) is 9.57. The largest absolute Gasteiger partial charge is 0.385 e. The van der Waals surface area contributed by atoms with Gasteiger partial charge in [-0.05, 0) is 20.3 Å². The standard InChI is InChI=1S/C17H29N7OS.HI/c1-13-11-19-16(26-13)7-9-23(3)17(18-8-6-10-25-5)20-12-15-22-21-14(2)24(15)4;/h11H,6-10,12H2,1-5H3,(H,18,20);1H. The first kappa shape index (κ1) is 23.8. The summed E-state index contributed by atoms with van der Waals surface area (Å²) in [5, 5.41) is 12.8. The van der Waals surface area contributed by atoms with E-state index in [9.17, 15) is 0 Å². The molecule has 0 atom stereocenters. The number of nitrogens with zero attached hydrogens (tertiary/aromatic N) is 6. The topological polar surface area (TPSA) is 80.5 Å². The lowest BCUT2D eigenvalue weighted by atomic mass is 10.4. The summed E-state index contributed by atoms with van der Waals surface area (Å²) >= 11 is 1.74. The van der Waals surface area contributed by atoms with Gasteiger partial charge in [0.05, 0.1) is 5.01 Å². The van der Waals surface area contributed by atoms with Gasteiger partial charge in [-0.25, -0.2) is 9.98 Å². The normalized spacial score (nSPS) is 11.4. The molecule has 0 unspecified atom stereocenters. The molecule has 0 bridgehead atoms. The number of rotatable bonds is 9. The molecule has 0 aromatic carbocycles. The van der Waals surface area contributed by atoms with Crippen LogP contribution >= 0.6 is 35.3 Å². The number of nitrogens with one attached hydrogen (secondary N) is 1. The van der Waals surface area contributed by atoms with E-state index in [1.165, 1.54) is 4.88 Å². The summed E-state index contributed by atoms with van der Waals surface area (Å²) in [6.07, 6.45) is 3.75. The van der Waals surface area contributed by atoms with Crippen LogP contribution in [-0.4, -0.2) is 64.5 Å². The number of ether oxygens (including phenoxy) is 1. The number of aryl methyl sites for hydroxylation is 2. The van der Waals surface area contributed by atoms with Crippen molar-refractivity contribution in [2.75, 3.05) is 33.9 Å². The van der Waals surface area contributed by atoms with Crippen molar-refractivity contribution in [1.29, 1.82) is 0 Å². The molecule has 0 aliphatic heterocycles. The monoisotopic (exact) mass is 507 g/mol. The predicted molar refractivity (Wildman–Crippen MR) is 120 cm³/mol. The third kappa shape index (κ3) is 7.70. The van der Waals surface area contributed by atoms with Gasteiger partial charge in [0.15, 0.2) is 11.8 Å². The van der Waals surface area contributed by atoms with E-state index in [0.29, 0.717) is 6.54 Å². The molecule has 0 saturated heterocycles. The highest BCUT2D eigenvalue weighted by Crippen LogP contribution is 2.12. The smallest absolute Gasteiger partial charge is 0.194 e. The van der Waals surface area contributed by atoms with Crippen LogP contribution in [0.4, 0.5) is 0 Å². The lowest BCUT2D eigenvalue weighted by Gasteiger charge is -2.22. The van der Waals surface area contributed by atoms with Crippen LogP contribution in [0.1, 0.15) is 28.0 Å². The Kier molecular flexibility index (Phi) is 10.8. The molecule has 0 spiro atoms. The zero-order chi connectivity index (χ0) is 18.9. The SMILES string of the molecule is COCCCNC(=NCc1nnc(C)n1C)N(C)CCc1ncc(C)s1.I. The molecule has 0 fully saturated rings. The lowest BCUT2D eigenvalue weighted by Crippen LogP contribution is -2.40. The number of aliphatic imine (C=N–C) groups is 1. The van der Waals surface area contributed by atoms with Crippen molar-refractivity contribution in [3.05, 3.63) is 27.7 Å². The maximum Gasteiger partial charge on any atom is 0.194 e. The molecule has 0 aliphatic rings. The zero-order valence-electron chi connectivity index (χ0n) is 16.7. The minimum Gasteiger partial charge on any atom is -0.385 e. The third-order valence-electron chi connectivity index (χ3n) is 4.05. The predicted octanol–water partition coefficient (Wildman–Crippen LogP) is 2.16. The van der Waals surface area contributed by atoms with Gasteiger partial charge in [0.1, 0.15) is 12.4 Å². The van der Waals surface area contributed by atoms with E-state index in [1.54, 1.807) is 18.4 Å². The lowest BCUT2D eigenvalue weighted by molar-refractivity contribution is 0.195. The van der Waals surface area contributed by atoms with Gasteiger partial charge in [0, 0.05) is 58.4 Å². The fraction of sp³-hybridized carbons (Fsp3) is 0.647. The molecule has 2 aromatic heterocycles. The van der Waals surface area contributed by atoms with Gasteiger partial charge in [-0.2, -0.15) is 0 Å². The van der Waals surface area contributed by atoms with Crippen molar-refractivity contribution in [2.24, 2.45) is 12.0 Å². The van der Waals surface area contributed by atoms with Crippen LogP contribution in [0, 0.1) is 13.8 Å². The third-order valence-corrected chi connectivity index (χ3v) is 5.03. The van der Waals surface area contributed by atoms with Gasteiger partial charge in [-0.1, -0.05) is 0 Å². The van der Waals surface area contributed by atoms with E-state index in [4.69, 9.17) is 9.73 Å². The Hall–Kier alpha value is -1.27. The van der Waals surface area contributed by atoms with E-state index in [1.807, 2.05) is 31.8 Å². The van der Waals surface area contributed by atoms with Crippen molar-refractivity contribution < 1.29 is 4.74 Å². The van der Waals surface area contributed by atoms with Crippen LogP contribution < -0.4 is 5.32 Å². The van der Waals surface area contributed by atoms with Crippen LogP contribution in [-0.2, 0) is 24.8 Å². The van der Waals surface area contributed by atoms with Crippen LogP contribution in [0.15, 0.2) is 11.2 Å². The number of thiazole rings is 1. The van der Waals surface area contributed by atoms with Gasteiger partial charge in [0.25, 0.3) is 0 Å². The molecular formula is C17H30IN7OS. The Labute approximate surface area is 182 Å². The second kappa shape index (κ2) is 12.2. The highest BCUT2D eigenvalue weighted by atomic mass is 127. The van der Waals surface area contributed by atoms with Crippen molar-refractivity contribution in [3.8, 4) is 0 Å². The van der Waals surface area contributed by atoms with Crippen molar-refractivity contribution in [3.63, 3.8) is 0 Å². The molecule has 27 heavy (non-hydrogen) atoms. The fourth-order valence-electron chi connectivity index (χ4n) is 2.35. The summed E-state index contributed by atoms with van der Waals surface area (Å²) in [6, 6.07) is 0. The van der Waals surface area contributed by atoms with E-state index in [2.05, 4.69) is 32.3 Å². The number of methoxy groups -OCH3 is 1. The number of halogens is 1. The minimum absolute atomic E-state index is 0. The maximum atomic E-state index is 5.12. The van der Waals surface area contributed by atoms with Crippen LogP contribution in [0.2, 0.25) is 0 Å². The van der Waals surface area contributed by atoms with E-state index >= 15 is 0 Å². The molecule has 0 radical (unpaired) electrons. The molecular weight excluding hydrogens is 477 g/mol. The molecule has 1 N–H and O–H groups in total. The highest BCUT2D eigenvalue weighted by molar-refractivity contribution is 14.0. The molecule has 2 rings (SSSR count). The van der Waals surface area contributed by atoms with Gasteiger partial charge < -0.3 is 19.5 Å². The molecule has 2 heterocycles. The Balaban J connectivity index is 0.00000364. The van der Waals surface area contributed by atoms with Crippen molar-refractivity contribution in [2.45, 2.75) is 33.2 Å². The fourth-order valence-corrected chi connectivity index (χ4v) is 3.12. The molecule has 152 valence electrons. The molecule has 2 aromatic rings. The van der Waals surface area contributed by atoms with Gasteiger partial charge in [-0.15, -0.1) is 45.5 Å². The summed E-state index contributed by atoms with van der Waals surface area (Å²) in [5.41, 5.74) is 0. The first-order chi connectivity index (χ1) is 12.5. The molecule has 0 saturated carbocycles. The van der Waals surface area contributed by atoms with Crippen LogP contribution in [0.5, 0.6) is 0 Å². The Morgan fingerprint density at radius 1 is 1.37 bits per heavy atom. The van der Waals surface area contributed by atoms with Crippen LogP contribution in [0.3, 0.4) is 0 Å². The van der Waals surface area contributed by atoms with Crippen LogP contribution in [0.25, 0.3) is 0 Å². The average molecular weight is 507 g/mol. The number of hydrogen-bond donors (Lipinski definition) is 1.